The lowest BCUT2D eigenvalue weighted by atomic mass is 9.92. The number of aromatic nitrogens is 6. The highest BCUT2D eigenvalue weighted by molar-refractivity contribution is 6.05. The van der Waals surface area contributed by atoms with Crippen LogP contribution in [0.1, 0.15) is 34.8 Å². The molecule has 14 rings (SSSR count). The van der Waals surface area contributed by atoms with E-state index in [0.717, 1.165) is 102 Å². The van der Waals surface area contributed by atoms with Gasteiger partial charge in [0.2, 0.25) is 11.6 Å². The maximum absolute atomic E-state index is 16.2. The normalized spacial score (nSPS) is 11.9. The van der Waals surface area contributed by atoms with Crippen LogP contribution in [0.25, 0.3) is 129 Å². The molecule has 86 heavy (non-hydrogen) atoms. The first-order chi connectivity index (χ1) is 42.5. The van der Waals surface area contributed by atoms with Crippen LogP contribution in [0.2, 0.25) is 0 Å². The zero-order valence-corrected chi connectivity index (χ0v) is 46.9. The summed E-state index contributed by atoms with van der Waals surface area (Å²) in [6.45, 7) is 0. The molecule has 0 radical (unpaired) electrons. The molecule has 0 N–H and O–H groups in total. The minimum absolute atomic E-state index is 0.114. The summed E-state index contributed by atoms with van der Waals surface area (Å²) >= 11 is 0. The van der Waals surface area contributed by atoms with Crippen molar-refractivity contribution in [1.82, 2.24) is 29.9 Å². The van der Waals surface area contributed by atoms with Gasteiger partial charge in [-0.3, -0.25) is 4.79 Å². The summed E-state index contributed by atoms with van der Waals surface area (Å²) < 4.78 is 0. The van der Waals surface area contributed by atoms with Crippen molar-refractivity contribution in [3.8, 4) is 123 Å². The minimum atomic E-state index is -0.591. The average molecular weight is 1100 g/mol. The second-order valence-electron chi connectivity index (χ2n) is 21.4. The molecule has 11 aromatic carbocycles. The van der Waals surface area contributed by atoms with E-state index in [1.807, 2.05) is 127 Å². The van der Waals surface area contributed by atoms with Gasteiger partial charge in [0.25, 0.3) is 5.78 Å². The van der Waals surface area contributed by atoms with Gasteiger partial charge in [-0.15, -0.1) is 0 Å². The maximum atomic E-state index is 16.2. The Morgan fingerprint density at radius 2 is 0.465 bits per heavy atom. The molecule has 0 aliphatic heterocycles. The van der Waals surface area contributed by atoms with E-state index in [2.05, 4.69) is 176 Å². The van der Waals surface area contributed by atoms with E-state index in [1.165, 1.54) is 5.57 Å². The van der Waals surface area contributed by atoms with Crippen molar-refractivity contribution in [3.05, 3.63) is 321 Å². The van der Waals surface area contributed by atoms with Gasteiger partial charge < -0.3 is 0 Å². The number of ketones is 1. The lowest BCUT2D eigenvalue weighted by Gasteiger charge is -2.15. The number of hydrogen-bond acceptors (Lipinski definition) is 7. The number of hydrogen-bond donors (Lipinski definition) is 0. The highest BCUT2D eigenvalue weighted by Crippen LogP contribution is 2.39. The van der Waals surface area contributed by atoms with E-state index in [-0.39, 0.29) is 11.6 Å². The summed E-state index contributed by atoms with van der Waals surface area (Å²) in [4.78, 5) is 47.7. The first-order valence-corrected chi connectivity index (χ1v) is 28.9. The molecule has 0 saturated heterocycles. The molecule has 0 fully saturated rings. The van der Waals surface area contributed by atoms with Gasteiger partial charge in [0.05, 0.1) is 0 Å². The Balaban J connectivity index is 1.02. The molecule has 1 aliphatic rings. The third kappa shape index (κ3) is 11.4. The molecule has 1 aliphatic carbocycles. The number of benzene rings is 11. The summed E-state index contributed by atoms with van der Waals surface area (Å²) in [7, 11) is 0. The van der Waals surface area contributed by atoms with Crippen LogP contribution in [0.3, 0.4) is 0 Å². The lowest BCUT2D eigenvalue weighted by molar-refractivity contribution is 0.101. The summed E-state index contributed by atoms with van der Waals surface area (Å²) in [6.07, 6.45) is 8.29. The highest BCUT2D eigenvalue weighted by Gasteiger charge is 2.25. The van der Waals surface area contributed by atoms with Crippen LogP contribution < -0.4 is 0 Å². The van der Waals surface area contributed by atoms with Crippen molar-refractivity contribution < 1.29 is 4.79 Å². The maximum Gasteiger partial charge on any atom is 0.267 e. The number of nitrogens with zero attached hydrogens (tertiary/aromatic N) is 6. The highest BCUT2D eigenvalue weighted by atomic mass is 16.1. The van der Waals surface area contributed by atoms with E-state index in [4.69, 9.17) is 29.9 Å². The molecule has 0 amide bonds. The van der Waals surface area contributed by atoms with E-state index < -0.39 is 5.78 Å². The van der Waals surface area contributed by atoms with Gasteiger partial charge in [0.1, 0.15) is 0 Å². The molecular formula is C79H54N6O. The fourth-order valence-corrected chi connectivity index (χ4v) is 11.2. The monoisotopic (exact) mass is 1100 g/mol. The van der Waals surface area contributed by atoms with Gasteiger partial charge in [-0.2, -0.15) is 0 Å². The standard InChI is InChI=1S/C79H54N6O/c86-73(78-82-74(69-45-61(53-25-9-1-10-26-53)41-62(46-69)54-27-11-2-12-28-54)80-75(83-78)70-47-63(55-29-13-3-14-30-55)42-64(48-70)56-31-15-4-16-32-56)79-84-76(71-49-65(57-33-17-5-18-34-57)43-66(50-71)58-35-19-6-20-36-58)81-77(85-79)72-51-67(59-37-21-7-22-38-59)44-68(52-72)60-39-23-8-24-40-60/h1-23,25-39,41-52H,24,40H2. The Morgan fingerprint density at radius 1 is 0.244 bits per heavy atom. The molecule has 0 atom stereocenters. The quantitative estimate of drug-likeness (QED) is 0.100. The fourth-order valence-electron chi connectivity index (χ4n) is 11.2. The first-order valence-electron chi connectivity index (χ1n) is 28.9. The second kappa shape index (κ2) is 23.8. The molecular weight excluding hydrogens is 1050 g/mol. The molecule has 406 valence electrons. The van der Waals surface area contributed by atoms with Gasteiger partial charge in [-0.1, -0.05) is 231 Å². The van der Waals surface area contributed by atoms with Crippen LogP contribution in [-0.2, 0) is 0 Å². The van der Waals surface area contributed by atoms with Crippen molar-refractivity contribution in [3.63, 3.8) is 0 Å². The Labute approximate surface area is 500 Å². The Hall–Kier alpha value is -11.4. The van der Waals surface area contributed by atoms with Crippen LogP contribution in [0.5, 0.6) is 0 Å². The van der Waals surface area contributed by atoms with Crippen molar-refractivity contribution in [2.75, 3.05) is 0 Å². The second-order valence-corrected chi connectivity index (χ2v) is 21.4. The van der Waals surface area contributed by atoms with Gasteiger partial charge in [-0.25, -0.2) is 29.9 Å². The molecule has 2 heterocycles. The molecule has 0 saturated carbocycles. The molecule has 7 heteroatoms. The number of carbonyl (C=O) groups is 1. The zero-order valence-electron chi connectivity index (χ0n) is 46.9. The summed E-state index contributed by atoms with van der Waals surface area (Å²) in [5.41, 5.74) is 19.0. The zero-order chi connectivity index (χ0) is 57.6. The SMILES string of the molecule is O=C(c1nc(-c2cc(C3=CC=CCC3)cc(-c3ccccc3)c2)nc(-c2cc(-c3ccccc3)cc(-c3ccccc3)c2)n1)c1nc(-c2cc(-c3ccccc3)cc(-c3ccccc3)c2)nc(-c2cc(-c3ccccc3)cc(-c3ccccc3)c2)n1. The fraction of sp³-hybridized carbons (Fsp3) is 0.0253. The van der Waals surface area contributed by atoms with E-state index in [1.54, 1.807) is 0 Å². The number of carbonyl (C=O) groups excluding carboxylic acids is 1. The van der Waals surface area contributed by atoms with Gasteiger partial charge >= 0.3 is 0 Å². The third-order valence-electron chi connectivity index (χ3n) is 15.6. The van der Waals surface area contributed by atoms with Crippen LogP contribution in [0, 0.1) is 0 Å². The molecule has 13 aromatic rings. The summed E-state index contributed by atoms with van der Waals surface area (Å²) in [5.74, 6) is 0.451. The van der Waals surface area contributed by atoms with E-state index in [0.29, 0.717) is 40.0 Å². The van der Waals surface area contributed by atoms with E-state index >= 15 is 4.79 Å². The third-order valence-corrected chi connectivity index (χ3v) is 15.6. The van der Waals surface area contributed by atoms with Crippen molar-refractivity contribution in [2.24, 2.45) is 0 Å². The molecule has 0 bridgehead atoms. The largest absolute Gasteiger partial charge is 0.281 e. The predicted molar refractivity (Wildman–Crippen MR) is 349 cm³/mol. The first kappa shape index (κ1) is 52.7. The van der Waals surface area contributed by atoms with Gasteiger partial charge in [-0.05, 0) is 175 Å². The molecule has 0 unspecified atom stereocenters. The topological polar surface area (TPSA) is 94.4 Å². The van der Waals surface area contributed by atoms with Crippen LogP contribution in [-0.4, -0.2) is 35.7 Å². The predicted octanol–water partition coefficient (Wildman–Crippen LogP) is 19.4. The van der Waals surface area contributed by atoms with Crippen molar-refractivity contribution >= 4 is 11.4 Å². The molecule has 7 nitrogen and oxygen atoms in total. The Morgan fingerprint density at radius 3 is 0.698 bits per heavy atom. The Bertz CT molecular complexity index is 4350. The van der Waals surface area contributed by atoms with Gasteiger partial charge in [0, 0.05) is 22.3 Å². The summed E-state index contributed by atoms with van der Waals surface area (Å²) in [5, 5.41) is 0. The average Bonchev–Trinajstić information content (AvgIpc) is 3.31. The molecule has 2 aromatic heterocycles. The van der Waals surface area contributed by atoms with Crippen LogP contribution in [0.4, 0.5) is 0 Å². The smallest absolute Gasteiger partial charge is 0.267 e. The van der Waals surface area contributed by atoms with Crippen molar-refractivity contribution in [1.29, 1.82) is 0 Å². The summed E-state index contributed by atoms with van der Waals surface area (Å²) in [6, 6.07) is 97.5. The molecule has 0 spiro atoms. The van der Waals surface area contributed by atoms with Crippen LogP contribution in [0.15, 0.2) is 303 Å². The van der Waals surface area contributed by atoms with Gasteiger partial charge in [0.15, 0.2) is 23.3 Å². The number of allylic oxidation sites excluding steroid dienone is 4. The lowest BCUT2D eigenvalue weighted by Crippen LogP contribution is -2.15. The minimum Gasteiger partial charge on any atom is -0.281 e. The van der Waals surface area contributed by atoms with Crippen LogP contribution >= 0.6 is 0 Å². The Kier molecular flexibility index (Phi) is 14.6. The number of rotatable bonds is 14. The van der Waals surface area contributed by atoms with E-state index in [9.17, 15) is 0 Å². The van der Waals surface area contributed by atoms with Crippen molar-refractivity contribution in [2.45, 2.75) is 12.8 Å².